The Balaban J connectivity index is 1.83. The molecule has 1 aliphatic rings. The molecule has 0 radical (unpaired) electrons. The number of anilines is 1. The van der Waals surface area contributed by atoms with E-state index in [1.165, 1.54) is 0 Å². The van der Waals surface area contributed by atoms with Gasteiger partial charge in [-0.3, -0.25) is 9.10 Å². The van der Waals surface area contributed by atoms with Gasteiger partial charge in [0, 0.05) is 6.07 Å². The summed E-state index contributed by atoms with van der Waals surface area (Å²) >= 11 is 0. The van der Waals surface area contributed by atoms with E-state index < -0.39 is 15.9 Å². The molecule has 8 nitrogen and oxygen atoms in total. The Bertz CT molecular complexity index is 1130. The fraction of sp³-hybridized carbons (Fsp3) is 0.458. The smallest absolute Gasteiger partial charge is 0.241 e. The van der Waals surface area contributed by atoms with Crippen LogP contribution in [0, 0.1) is 6.92 Å². The maximum Gasteiger partial charge on any atom is 0.241 e. The van der Waals surface area contributed by atoms with Crippen LogP contribution in [0.15, 0.2) is 30.3 Å². The summed E-state index contributed by atoms with van der Waals surface area (Å²) in [5, 5.41) is 2.95. The lowest BCUT2D eigenvalue weighted by Gasteiger charge is -2.25. The molecule has 1 heterocycles. The van der Waals surface area contributed by atoms with E-state index in [2.05, 4.69) is 19.2 Å². The third-order valence-corrected chi connectivity index (χ3v) is 7.46. The first-order chi connectivity index (χ1) is 15.6. The molecule has 180 valence electrons. The van der Waals surface area contributed by atoms with Crippen molar-refractivity contribution in [1.82, 2.24) is 5.32 Å². The van der Waals surface area contributed by atoms with Gasteiger partial charge >= 0.3 is 0 Å². The third-order valence-electron chi connectivity index (χ3n) is 5.72. The number of amides is 1. The Kier molecular flexibility index (Phi) is 7.41. The molecule has 0 spiro atoms. The van der Waals surface area contributed by atoms with Gasteiger partial charge in [-0.1, -0.05) is 13.8 Å². The van der Waals surface area contributed by atoms with E-state index in [1.807, 2.05) is 26.0 Å². The summed E-state index contributed by atoms with van der Waals surface area (Å²) in [7, 11) is -2.06. The molecular formula is C24H32N2O6S. The van der Waals surface area contributed by atoms with Crippen LogP contribution in [-0.4, -0.2) is 40.5 Å². The van der Waals surface area contributed by atoms with Crippen molar-refractivity contribution in [2.75, 3.05) is 30.5 Å². The molecule has 0 aliphatic carbocycles. The Hall–Kier alpha value is -2.94. The van der Waals surface area contributed by atoms with Gasteiger partial charge in [0.15, 0.2) is 11.5 Å². The predicted molar refractivity (Wildman–Crippen MR) is 128 cm³/mol. The summed E-state index contributed by atoms with van der Waals surface area (Å²) in [5.74, 6) is 1.51. The summed E-state index contributed by atoms with van der Waals surface area (Å²) in [4.78, 5) is 13.0. The third kappa shape index (κ3) is 5.35. The molecule has 33 heavy (non-hydrogen) atoms. The molecule has 2 aromatic carbocycles. The molecule has 3 rings (SSSR count). The molecule has 1 aliphatic heterocycles. The van der Waals surface area contributed by atoms with E-state index in [0.717, 1.165) is 26.7 Å². The van der Waals surface area contributed by atoms with Crippen LogP contribution in [-0.2, 0) is 14.8 Å². The Morgan fingerprint density at radius 2 is 1.82 bits per heavy atom. The minimum Gasteiger partial charge on any atom is -0.496 e. The average Bonchev–Trinajstić information content (AvgIpc) is 3.24. The van der Waals surface area contributed by atoms with E-state index in [1.54, 1.807) is 32.2 Å². The van der Waals surface area contributed by atoms with Gasteiger partial charge in [-0.05, 0) is 67.6 Å². The van der Waals surface area contributed by atoms with Crippen LogP contribution >= 0.6 is 0 Å². The fourth-order valence-electron chi connectivity index (χ4n) is 3.85. The molecule has 1 atom stereocenters. The molecule has 0 bridgehead atoms. The topological polar surface area (TPSA) is 94.2 Å². The van der Waals surface area contributed by atoms with Gasteiger partial charge < -0.3 is 19.5 Å². The average molecular weight is 477 g/mol. The zero-order chi connectivity index (χ0) is 24.3. The normalized spacial score (nSPS) is 13.7. The number of aryl methyl sites for hydroxylation is 1. The van der Waals surface area contributed by atoms with Crippen molar-refractivity contribution in [1.29, 1.82) is 0 Å². The molecule has 0 fully saturated rings. The number of fused-ring (bicyclic) bond motifs is 1. The first kappa shape index (κ1) is 24.7. The van der Waals surface area contributed by atoms with Crippen LogP contribution in [0.5, 0.6) is 17.2 Å². The van der Waals surface area contributed by atoms with Gasteiger partial charge in [0.05, 0.1) is 24.6 Å². The van der Waals surface area contributed by atoms with Crippen LogP contribution in [0.25, 0.3) is 0 Å². The number of hydrogen-bond acceptors (Lipinski definition) is 6. The highest BCUT2D eigenvalue weighted by molar-refractivity contribution is 7.92. The maximum atomic E-state index is 13.0. The van der Waals surface area contributed by atoms with E-state index in [4.69, 9.17) is 14.2 Å². The molecule has 9 heteroatoms. The van der Waals surface area contributed by atoms with Crippen LogP contribution in [0.3, 0.4) is 0 Å². The Morgan fingerprint density at radius 1 is 1.12 bits per heavy atom. The second-order valence-corrected chi connectivity index (χ2v) is 10.5. The second kappa shape index (κ2) is 9.91. The van der Waals surface area contributed by atoms with Crippen molar-refractivity contribution in [3.63, 3.8) is 0 Å². The van der Waals surface area contributed by atoms with Gasteiger partial charge in [-0.25, -0.2) is 8.42 Å². The molecule has 1 N–H and O–H groups in total. The highest BCUT2D eigenvalue weighted by atomic mass is 32.2. The summed E-state index contributed by atoms with van der Waals surface area (Å²) in [5.41, 5.74) is 3.35. The predicted octanol–water partition coefficient (Wildman–Crippen LogP) is 3.89. The van der Waals surface area contributed by atoms with Crippen molar-refractivity contribution >= 4 is 21.6 Å². The monoisotopic (exact) mass is 476 g/mol. The van der Waals surface area contributed by atoms with Crippen LogP contribution < -0.4 is 23.8 Å². The minimum atomic E-state index is -3.70. The fourth-order valence-corrected chi connectivity index (χ4v) is 4.91. The maximum absolute atomic E-state index is 13.0. The Labute approximate surface area is 195 Å². The van der Waals surface area contributed by atoms with Crippen molar-refractivity contribution in [2.24, 2.45) is 0 Å². The Morgan fingerprint density at radius 3 is 2.45 bits per heavy atom. The number of benzene rings is 2. The summed E-state index contributed by atoms with van der Waals surface area (Å²) in [6.07, 6.45) is 0. The SMILES string of the molecule is CCS(=O)(=O)N(CC(=O)NC(C)c1cc(C(C)C)c(OC)cc1C)c1ccc2c(c1)OCO2. The standard InChI is InChI=1S/C24H32N2O6S/c1-7-33(28,29)26(18-8-9-21-23(11-18)32-14-31-21)13-24(27)25-17(5)20-12-19(15(2)3)22(30-6)10-16(20)4/h8-12,15,17H,7,13-14H2,1-6H3,(H,25,27). The number of carbonyl (C=O) groups is 1. The molecule has 1 unspecified atom stereocenters. The minimum absolute atomic E-state index is 0.0803. The lowest BCUT2D eigenvalue weighted by atomic mass is 9.93. The summed E-state index contributed by atoms with van der Waals surface area (Å²) in [6, 6.07) is 8.53. The number of nitrogens with zero attached hydrogens (tertiary/aromatic N) is 1. The number of hydrogen-bond donors (Lipinski definition) is 1. The van der Waals surface area contributed by atoms with Crippen LogP contribution in [0.2, 0.25) is 0 Å². The van der Waals surface area contributed by atoms with Crippen LogP contribution in [0.4, 0.5) is 5.69 Å². The number of carbonyl (C=O) groups excluding carboxylic acids is 1. The van der Waals surface area contributed by atoms with Gasteiger partial charge in [0.2, 0.25) is 22.7 Å². The number of rotatable bonds is 9. The lowest BCUT2D eigenvalue weighted by Crippen LogP contribution is -2.42. The van der Waals surface area contributed by atoms with E-state index in [-0.39, 0.29) is 31.1 Å². The van der Waals surface area contributed by atoms with Crippen molar-refractivity contribution in [2.45, 2.75) is 46.6 Å². The van der Waals surface area contributed by atoms with Crippen molar-refractivity contribution < 1.29 is 27.4 Å². The van der Waals surface area contributed by atoms with E-state index in [0.29, 0.717) is 17.2 Å². The van der Waals surface area contributed by atoms with Gasteiger partial charge in [-0.15, -0.1) is 0 Å². The number of sulfonamides is 1. The molecule has 0 aromatic heterocycles. The molecule has 0 saturated carbocycles. The van der Waals surface area contributed by atoms with E-state index in [9.17, 15) is 13.2 Å². The highest BCUT2D eigenvalue weighted by Gasteiger charge is 2.27. The lowest BCUT2D eigenvalue weighted by molar-refractivity contribution is -0.120. The zero-order valence-electron chi connectivity index (χ0n) is 20.0. The molecule has 1 amide bonds. The molecule has 2 aromatic rings. The quantitative estimate of drug-likeness (QED) is 0.590. The number of nitrogens with one attached hydrogen (secondary N) is 1. The van der Waals surface area contributed by atoms with Gasteiger partial charge in [-0.2, -0.15) is 0 Å². The highest BCUT2D eigenvalue weighted by Crippen LogP contribution is 2.36. The molecule has 0 saturated heterocycles. The molecular weight excluding hydrogens is 444 g/mol. The van der Waals surface area contributed by atoms with Crippen LogP contribution in [0.1, 0.15) is 56.3 Å². The second-order valence-electron chi connectivity index (χ2n) is 8.34. The first-order valence-electron chi connectivity index (χ1n) is 10.9. The first-order valence-corrected chi connectivity index (χ1v) is 12.6. The largest absolute Gasteiger partial charge is 0.496 e. The number of ether oxygens (including phenoxy) is 3. The van der Waals surface area contributed by atoms with Crippen molar-refractivity contribution in [3.8, 4) is 17.2 Å². The van der Waals surface area contributed by atoms with Gasteiger partial charge in [0.1, 0.15) is 12.3 Å². The number of methoxy groups -OCH3 is 1. The van der Waals surface area contributed by atoms with E-state index >= 15 is 0 Å². The zero-order valence-corrected chi connectivity index (χ0v) is 20.8. The van der Waals surface area contributed by atoms with Crippen molar-refractivity contribution in [3.05, 3.63) is 47.0 Å². The van der Waals surface area contributed by atoms with Gasteiger partial charge in [0.25, 0.3) is 0 Å². The summed E-state index contributed by atoms with van der Waals surface area (Å²) < 4.78 is 42.9. The summed E-state index contributed by atoms with van der Waals surface area (Å²) in [6.45, 7) is 9.30.